The summed E-state index contributed by atoms with van der Waals surface area (Å²) in [5, 5.41) is 3.91. The lowest BCUT2D eigenvalue weighted by molar-refractivity contribution is 0.381. The molecule has 1 fully saturated rings. The fourth-order valence-electron chi connectivity index (χ4n) is 2.35. The topological polar surface area (TPSA) is 61.3 Å². The third kappa shape index (κ3) is 2.30. The molecule has 0 bridgehead atoms. The van der Waals surface area contributed by atoms with E-state index in [0.29, 0.717) is 5.82 Å². The first kappa shape index (κ1) is 12.1. The Kier molecular flexibility index (Phi) is 2.93. The molecular weight excluding hydrogens is 240 g/mol. The maximum absolute atomic E-state index is 5.95. The van der Waals surface area contributed by atoms with E-state index in [1.165, 1.54) is 12.8 Å². The SMILES string of the molecule is COc1cc(-c2c(N)noc2CC2CC2)ccc1C. The summed E-state index contributed by atoms with van der Waals surface area (Å²) >= 11 is 0. The molecule has 19 heavy (non-hydrogen) atoms. The summed E-state index contributed by atoms with van der Waals surface area (Å²) in [7, 11) is 1.67. The predicted molar refractivity (Wildman–Crippen MR) is 74.1 cm³/mol. The molecule has 100 valence electrons. The highest BCUT2D eigenvalue weighted by molar-refractivity contribution is 5.76. The molecule has 0 spiro atoms. The standard InChI is InChI=1S/C15H18N2O2/c1-9-3-6-11(8-12(9)18-2)14-13(7-10-4-5-10)19-17-15(14)16/h3,6,8,10H,4-5,7H2,1-2H3,(H2,16,17). The van der Waals surface area contributed by atoms with Gasteiger partial charge in [0.1, 0.15) is 11.5 Å². The van der Waals surface area contributed by atoms with Crippen LogP contribution in [0.3, 0.4) is 0 Å². The average Bonchev–Trinajstić information content (AvgIpc) is 3.14. The second-order valence-electron chi connectivity index (χ2n) is 5.20. The number of nitrogen functional groups attached to an aromatic ring is 1. The Labute approximate surface area is 112 Å². The molecule has 1 aromatic heterocycles. The highest BCUT2D eigenvalue weighted by Crippen LogP contribution is 2.39. The molecular formula is C15H18N2O2. The van der Waals surface area contributed by atoms with Crippen LogP contribution in [0.2, 0.25) is 0 Å². The first-order chi connectivity index (χ1) is 9.19. The van der Waals surface area contributed by atoms with Gasteiger partial charge in [0.2, 0.25) is 0 Å². The van der Waals surface area contributed by atoms with Crippen LogP contribution in [0.15, 0.2) is 22.7 Å². The van der Waals surface area contributed by atoms with E-state index in [0.717, 1.165) is 40.5 Å². The van der Waals surface area contributed by atoms with Crippen LogP contribution in [0.4, 0.5) is 5.82 Å². The fourth-order valence-corrected chi connectivity index (χ4v) is 2.35. The van der Waals surface area contributed by atoms with E-state index in [1.807, 2.05) is 25.1 Å². The average molecular weight is 258 g/mol. The Morgan fingerprint density at radius 3 is 2.89 bits per heavy atom. The molecule has 1 saturated carbocycles. The van der Waals surface area contributed by atoms with E-state index in [-0.39, 0.29) is 0 Å². The van der Waals surface area contributed by atoms with E-state index >= 15 is 0 Å². The zero-order valence-corrected chi connectivity index (χ0v) is 11.3. The predicted octanol–water partition coefficient (Wildman–Crippen LogP) is 3.19. The van der Waals surface area contributed by atoms with Gasteiger partial charge in [0.15, 0.2) is 5.82 Å². The van der Waals surface area contributed by atoms with Crippen molar-refractivity contribution in [3.05, 3.63) is 29.5 Å². The van der Waals surface area contributed by atoms with Gasteiger partial charge in [-0.3, -0.25) is 0 Å². The van der Waals surface area contributed by atoms with Crippen molar-refractivity contribution in [3.63, 3.8) is 0 Å². The second-order valence-corrected chi connectivity index (χ2v) is 5.20. The molecule has 2 aromatic rings. The molecule has 1 aliphatic carbocycles. The minimum absolute atomic E-state index is 0.460. The number of methoxy groups -OCH3 is 1. The van der Waals surface area contributed by atoms with Crippen LogP contribution in [-0.2, 0) is 6.42 Å². The smallest absolute Gasteiger partial charge is 0.175 e. The van der Waals surface area contributed by atoms with E-state index in [2.05, 4.69) is 5.16 Å². The molecule has 4 heteroatoms. The first-order valence-corrected chi connectivity index (χ1v) is 6.58. The molecule has 2 N–H and O–H groups in total. The van der Waals surface area contributed by atoms with Gasteiger partial charge in [-0.25, -0.2) is 0 Å². The van der Waals surface area contributed by atoms with Gasteiger partial charge in [0.25, 0.3) is 0 Å². The lowest BCUT2D eigenvalue weighted by atomic mass is 10.0. The minimum atomic E-state index is 0.460. The van der Waals surface area contributed by atoms with E-state index in [9.17, 15) is 0 Å². The number of nitrogens with zero attached hydrogens (tertiary/aromatic N) is 1. The lowest BCUT2D eigenvalue weighted by Gasteiger charge is -2.08. The summed E-state index contributed by atoms with van der Waals surface area (Å²) in [6.07, 6.45) is 3.48. The van der Waals surface area contributed by atoms with Crippen LogP contribution in [0.1, 0.15) is 24.2 Å². The summed E-state index contributed by atoms with van der Waals surface area (Å²) in [5.41, 5.74) is 8.99. The molecule has 0 unspecified atom stereocenters. The van der Waals surface area contributed by atoms with Crippen molar-refractivity contribution in [2.24, 2.45) is 5.92 Å². The van der Waals surface area contributed by atoms with Crippen molar-refractivity contribution in [1.82, 2.24) is 5.16 Å². The Bertz CT molecular complexity index is 600. The number of rotatable bonds is 4. The van der Waals surface area contributed by atoms with Crippen LogP contribution in [-0.4, -0.2) is 12.3 Å². The second kappa shape index (κ2) is 4.61. The van der Waals surface area contributed by atoms with Crippen LogP contribution in [0.25, 0.3) is 11.1 Å². The number of anilines is 1. The van der Waals surface area contributed by atoms with Gasteiger partial charge in [-0.15, -0.1) is 0 Å². The fraction of sp³-hybridized carbons (Fsp3) is 0.400. The highest BCUT2D eigenvalue weighted by atomic mass is 16.5. The van der Waals surface area contributed by atoms with Crippen LogP contribution < -0.4 is 10.5 Å². The molecule has 0 atom stereocenters. The largest absolute Gasteiger partial charge is 0.496 e. The van der Waals surface area contributed by atoms with Gasteiger partial charge in [-0.1, -0.05) is 17.3 Å². The van der Waals surface area contributed by atoms with Crippen molar-refractivity contribution < 1.29 is 9.26 Å². The first-order valence-electron chi connectivity index (χ1n) is 6.58. The summed E-state index contributed by atoms with van der Waals surface area (Å²) < 4.78 is 10.8. The molecule has 1 heterocycles. The monoisotopic (exact) mass is 258 g/mol. The molecule has 1 aromatic carbocycles. The Balaban J connectivity index is 2.02. The molecule has 1 aliphatic rings. The zero-order valence-electron chi connectivity index (χ0n) is 11.3. The maximum atomic E-state index is 5.95. The van der Waals surface area contributed by atoms with Crippen molar-refractivity contribution in [2.45, 2.75) is 26.2 Å². The Hall–Kier alpha value is -1.97. The number of hydrogen-bond acceptors (Lipinski definition) is 4. The number of aromatic nitrogens is 1. The quantitative estimate of drug-likeness (QED) is 0.914. The molecule has 0 aliphatic heterocycles. The van der Waals surface area contributed by atoms with Gasteiger partial charge < -0.3 is 15.0 Å². The zero-order chi connectivity index (χ0) is 13.4. The Morgan fingerprint density at radius 1 is 1.42 bits per heavy atom. The number of aryl methyl sites for hydroxylation is 1. The normalized spacial score (nSPS) is 14.6. The number of hydrogen-bond donors (Lipinski definition) is 1. The summed E-state index contributed by atoms with van der Waals surface area (Å²) in [6, 6.07) is 6.06. The van der Waals surface area contributed by atoms with Crippen molar-refractivity contribution in [2.75, 3.05) is 12.8 Å². The van der Waals surface area contributed by atoms with Gasteiger partial charge >= 0.3 is 0 Å². The van der Waals surface area contributed by atoms with Crippen LogP contribution in [0.5, 0.6) is 5.75 Å². The van der Waals surface area contributed by atoms with E-state index in [1.54, 1.807) is 7.11 Å². The van der Waals surface area contributed by atoms with Crippen LogP contribution in [0, 0.1) is 12.8 Å². The highest BCUT2D eigenvalue weighted by Gasteiger charge is 2.27. The summed E-state index contributed by atoms with van der Waals surface area (Å²) in [6.45, 7) is 2.02. The van der Waals surface area contributed by atoms with E-state index in [4.69, 9.17) is 15.0 Å². The third-order valence-electron chi connectivity index (χ3n) is 3.66. The van der Waals surface area contributed by atoms with Gasteiger partial charge in [0, 0.05) is 6.42 Å². The van der Waals surface area contributed by atoms with Gasteiger partial charge in [0.05, 0.1) is 12.7 Å². The van der Waals surface area contributed by atoms with Crippen molar-refractivity contribution >= 4 is 5.82 Å². The molecule has 4 nitrogen and oxygen atoms in total. The molecule has 3 rings (SSSR count). The molecule has 0 saturated heterocycles. The lowest BCUT2D eigenvalue weighted by Crippen LogP contribution is -1.94. The van der Waals surface area contributed by atoms with Crippen LogP contribution >= 0.6 is 0 Å². The molecule has 0 radical (unpaired) electrons. The number of ether oxygens (including phenoxy) is 1. The minimum Gasteiger partial charge on any atom is -0.496 e. The summed E-state index contributed by atoms with van der Waals surface area (Å²) in [5.74, 6) is 2.95. The van der Waals surface area contributed by atoms with Gasteiger partial charge in [-0.05, 0) is 42.9 Å². The molecule has 0 amide bonds. The number of benzene rings is 1. The maximum Gasteiger partial charge on any atom is 0.175 e. The van der Waals surface area contributed by atoms with Crippen molar-refractivity contribution in [1.29, 1.82) is 0 Å². The van der Waals surface area contributed by atoms with Crippen molar-refractivity contribution in [3.8, 4) is 16.9 Å². The Morgan fingerprint density at radius 2 is 2.21 bits per heavy atom. The third-order valence-corrected chi connectivity index (χ3v) is 3.66. The summed E-state index contributed by atoms with van der Waals surface area (Å²) in [4.78, 5) is 0. The van der Waals surface area contributed by atoms with Gasteiger partial charge in [-0.2, -0.15) is 0 Å². The number of nitrogens with two attached hydrogens (primary N) is 1. The van der Waals surface area contributed by atoms with E-state index < -0.39 is 0 Å².